The Morgan fingerprint density at radius 3 is 2.57 bits per heavy atom. The van der Waals surface area contributed by atoms with Gasteiger partial charge in [0.2, 0.25) is 5.91 Å². The summed E-state index contributed by atoms with van der Waals surface area (Å²) in [5.74, 6) is -0.282. The molecule has 2 unspecified atom stereocenters. The molecule has 0 saturated carbocycles. The van der Waals surface area contributed by atoms with Crippen LogP contribution < -0.4 is 10.6 Å². The molecule has 0 bridgehead atoms. The molecule has 1 amide bonds. The van der Waals surface area contributed by atoms with Crippen molar-refractivity contribution in [2.24, 2.45) is 0 Å². The molecule has 11 heteroatoms. The first-order chi connectivity index (χ1) is 20.1. The summed E-state index contributed by atoms with van der Waals surface area (Å²) in [6, 6.07) is 7.57. The summed E-state index contributed by atoms with van der Waals surface area (Å²) in [4.78, 5) is 48.8. The molecule has 5 rings (SSSR count). The van der Waals surface area contributed by atoms with Crippen molar-refractivity contribution >= 4 is 34.4 Å². The first-order valence-corrected chi connectivity index (χ1v) is 14.4. The number of piperazine rings is 1. The van der Waals surface area contributed by atoms with Crippen molar-refractivity contribution < 1.29 is 9.18 Å². The van der Waals surface area contributed by atoms with Gasteiger partial charge >= 0.3 is 5.69 Å². The molecule has 0 radical (unpaired) electrons. The van der Waals surface area contributed by atoms with Gasteiger partial charge in [0.1, 0.15) is 18.0 Å². The summed E-state index contributed by atoms with van der Waals surface area (Å²) in [7, 11) is 0. The lowest BCUT2D eigenvalue weighted by Gasteiger charge is -2.44. The number of nitrogens with zero attached hydrogens (tertiary/aromatic N) is 7. The summed E-state index contributed by atoms with van der Waals surface area (Å²) in [5.41, 5.74) is 1.96. The Morgan fingerprint density at radius 1 is 1.17 bits per heavy atom. The summed E-state index contributed by atoms with van der Waals surface area (Å²) in [5, 5.41) is 0.731. The van der Waals surface area contributed by atoms with E-state index in [9.17, 15) is 14.0 Å². The average Bonchev–Trinajstić information content (AvgIpc) is 2.97. The van der Waals surface area contributed by atoms with Crippen molar-refractivity contribution in [3.8, 4) is 16.9 Å². The lowest BCUT2D eigenvalue weighted by atomic mass is 10.0. The minimum Gasteiger partial charge on any atom is -0.349 e. The number of fused-ring (bicyclic) bond motifs is 1. The zero-order valence-electron chi connectivity index (χ0n) is 24.3. The molecule has 1 saturated heterocycles. The summed E-state index contributed by atoms with van der Waals surface area (Å²) >= 11 is 6.80. The fraction of sp³-hybridized carbons (Fsp3) is 0.355. The molecule has 1 aliphatic heterocycles. The minimum absolute atomic E-state index is 0.0374. The maximum atomic E-state index is 15.0. The minimum atomic E-state index is -0.567. The fourth-order valence-corrected chi connectivity index (χ4v) is 5.82. The predicted octanol–water partition coefficient (Wildman–Crippen LogP) is 5.33. The molecule has 9 nitrogen and oxygen atoms in total. The van der Waals surface area contributed by atoms with Crippen molar-refractivity contribution in [2.75, 3.05) is 18.0 Å². The quantitative estimate of drug-likeness (QED) is 0.281. The van der Waals surface area contributed by atoms with Crippen molar-refractivity contribution in [1.29, 1.82) is 0 Å². The number of amides is 1. The summed E-state index contributed by atoms with van der Waals surface area (Å²) < 4.78 is 16.4. The van der Waals surface area contributed by atoms with Gasteiger partial charge < -0.3 is 9.80 Å². The van der Waals surface area contributed by atoms with Gasteiger partial charge in [0.15, 0.2) is 5.65 Å². The van der Waals surface area contributed by atoms with Crippen LogP contribution in [0, 0.1) is 5.82 Å². The van der Waals surface area contributed by atoms with Crippen molar-refractivity contribution in [3.63, 3.8) is 0 Å². The maximum Gasteiger partial charge on any atom is 0.355 e. The molecule has 1 aliphatic rings. The van der Waals surface area contributed by atoms with Gasteiger partial charge in [-0.1, -0.05) is 51.1 Å². The van der Waals surface area contributed by atoms with Gasteiger partial charge in [-0.15, -0.1) is 0 Å². The van der Waals surface area contributed by atoms with Gasteiger partial charge in [-0.2, -0.15) is 4.98 Å². The summed E-state index contributed by atoms with van der Waals surface area (Å²) in [6.45, 7) is 14.3. The van der Waals surface area contributed by atoms with Gasteiger partial charge in [0, 0.05) is 30.7 Å². The molecule has 0 aliphatic carbocycles. The second-order valence-corrected chi connectivity index (χ2v) is 11.2. The number of anilines is 1. The number of rotatable bonds is 6. The smallest absolute Gasteiger partial charge is 0.349 e. The second kappa shape index (κ2) is 11.6. The molecule has 1 aromatic carbocycles. The third-order valence-electron chi connectivity index (χ3n) is 7.68. The van der Waals surface area contributed by atoms with Crippen LogP contribution in [0.5, 0.6) is 0 Å². The van der Waals surface area contributed by atoms with E-state index in [4.69, 9.17) is 16.6 Å². The average molecular weight is 590 g/mol. The third kappa shape index (κ3) is 5.04. The van der Waals surface area contributed by atoms with Crippen molar-refractivity contribution in [2.45, 2.75) is 59.0 Å². The monoisotopic (exact) mass is 589 g/mol. The molecular weight excluding hydrogens is 557 g/mol. The molecule has 4 heterocycles. The van der Waals surface area contributed by atoms with Crippen LogP contribution in [-0.4, -0.2) is 60.5 Å². The molecule has 0 N–H and O–H groups in total. The Labute approximate surface area is 248 Å². The van der Waals surface area contributed by atoms with E-state index < -0.39 is 11.5 Å². The second-order valence-electron chi connectivity index (χ2n) is 10.8. The topological polar surface area (TPSA) is 97.1 Å². The number of carbonyl (C=O) groups is 1. The number of benzene rings is 1. The van der Waals surface area contributed by atoms with Gasteiger partial charge in [-0.05, 0) is 50.5 Å². The van der Waals surface area contributed by atoms with E-state index in [0.717, 1.165) is 0 Å². The van der Waals surface area contributed by atoms with Crippen LogP contribution in [0.2, 0.25) is 5.02 Å². The number of aryl methyl sites for hydroxylation is 1. The van der Waals surface area contributed by atoms with Gasteiger partial charge in [-0.25, -0.2) is 28.7 Å². The molecule has 3 aromatic heterocycles. The van der Waals surface area contributed by atoms with Gasteiger partial charge in [0.25, 0.3) is 0 Å². The Bertz CT molecular complexity index is 1760. The van der Waals surface area contributed by atoms with E-state index in [2.05, 4.69) is 21.5 Å². The Hall–Kier alpha value is -4.18. The third-order valence-corrected chi connectivity index (χ3v) is 7.97. The molecule has 4 aromatic rings. The number of pyridine rings is 1. The van der Waals surface area contributed by atoms with Crippen LogP contribution >= 0.6 is 11.6 Å². The number of hydrogen-bond donors (Lipinski definition) is 0. The number of halogens is 2. The molecule has 218 valence electrons. The SMILES string of the molecule is C=CC(=O)N1CC(C)N(c2nc(=O)n(-c3c(CC)ncnc3C(C)C)c3nc(-c4ccccc4F)c(Cl)cc23)CC1C. The zero-order valence-corrected chi connectivity index (χ0v) is 25.1. The van der Waals surface area contributed by atoms with Gasteiger partial charge in [0.05, 0.1) is 33.2 Å². The molecular formula is C31H33ClFN7O2. The highest BCUT2D eigenvalue weighted by Crippen LogP contribution is 2.36. The van der Waals surface area contributed by atoms with Crippen LogP contribution in [0.3, 0.4) is 0 Å². The number of aromatic nitrogens is 5. The van der Waals surface area contributed by atoms with Crippen LogP contribution in [0.1, 0.15) is 51.9 Å². The lowest BCUT2D eigenvalue weighted by Crippen LogP contribution is -2.58. The fourth-order valence-electron chi connectivity index (χ4n) is 5.57. The molecule has 2 atom stereocenters. The van der Waals surface area contributed by atoms with Crippen LogP contribution in [0.15, 0.2) is 54.1 Å². The van der Waals surface area contributed by atoms with Crippen LogP contribution in [-0.2, 0) is 11.2 Å². The number of carbonyl (C=O) groups excluding carboxylic acids is 1. The van der Waals surface area contributed by atoms with Crippen LogP contribution in [0.25, 0.3) is 28.0 Å². The highest BCUT2D eigenvalue weighted by atomic mass is 35.5. The van der Waals surface area contributed by atoms with E-state index in [0.29, 0.717) is 47.8 Å². The van der Waals surface area contributed by atoms with E-state index in [1.165, 1.54) is 23.0 Å². The van der Waals surface area contributed by atoms with E-state index in [-0.39, 0.29) is 45.8 Å². The lowest BCUT2D eigenvalue weighted by molar-refractivity contribution is -0.128. The van der Waals surface area contributed by atoms with Crippen molar-refractivity contribution in [1.82, 2.24) is 29.4 Å². The first-order valence-electron chi connectivity index (χ1n) is 14.0. The maximum absolute atomic E-state index is 15.0. The van der Waals surface area contributed by atoms with E-state index in [1.54, 1.807) is 29.2 Å². The molecule has 1 fully saturated rings. The first kappa shape index (κ1) is 29.3. The largest absolute Gasteiger partial charge is 0.355 e. The summed E-state index contributed by atoms with van der Waals surface area (Å²) in [6.07, 6.45) is 3.34. The normalized spacial score (nSPS) is 17.2. The number of hydrogen-bond acceptors (Lipinski definition) is 7. The Balaban J connectivity index is 1.84. The Kier molecular flexibility index (Phi) is 8.10. The standard InChI is InChI=1S/C31H33ClFN7O2/c1-7-24-28(26(17(3)4)35-16-34-24)40-30-21(13-22(32)27(36-30)20-11-9-10-12-23(20)33)29(37-31(40)42)39-15-18(5)38(14-19(39)6)25(41)8-2/h8-13,16-19H,2,7,14-15H2,1,3-6H3. The van der Waals surface area contributed by atoms with Crippen molar-refractivity contribution in [3.05, 3.63) is 82.0 Å². The predicted molar refractivity (Wildman–Crippen MR) is 163 cm³/mol. The molecule has 42 heavy (non-hydrogen) atoms. The Morgan fingerprint density at radius 2 is 1.90 bits per heavy atom. The highest BCUT2D eigenvalue weighted by molar-refractivity contribution is 6.33. The van der Waals surface area contributed by atoms with E-state index in [1.807, 2.05) is 39.5 Å². The van der Waals surface area contributed by atoms with E-state index >= 15 is 0 Å². The highest BCUT2D eigenvalue weighted by Gasteiger charge is 2.34. The van der Waals surface area contributed by atoms with Crippen LogP contribution in [0.4, 0.5) is 10.2 Å². The zero-order chi connectivity index (χ0) is 30.3. The van der Waals surface area contributed by atoms with Gasteiger partial charge in [-0.3, -0.25) is 4.79 Å². The molecule has 0 spiro atoms.